The smallest absolute Gasteiger partial charge is 0.263 e. The van der Waals surface area contributed by atoms with Crippen molar-refractivity contribution in [3.63, 3.8) is 0 Å². The third-order valence-electron chi connectivity index (χ3n) is 3.00. The lowest BCUT2D eigenvalue weighted by atomic mass is 10.2. The molecule has 0 spiro atoms. The second kappa shape index (κ2) is 4.86. The first-order chi connectivity index (χ1) is 8.82. The number of carbonyl (C=O) groups is 1. The highest BCUT2D eigenvalue weighted by atomic mass is 35.7. The first-order valence-corrected chi connectivity index (χ1v) is 7.94. The van der Waals surface area contributed by atoms with Crippen LogP contribution in [0.1, 0.15) is 12.1 Å². The summed E-state index contributed by atoms with van der Waals surface area (Å²) in [6.07, 6.45) is 0.140. The van der Waals surface area contributed by atoms with E-state index >= 15 is 0 Å². The van der Waals surface area contributed by atoms with Crippen molar-refractivity contribution in [2.24, 2.45) is 5.73 Å². The Morgan fingerprint density at radius 1 is 1.37 bits per heavy atom. The fraction of sp³-hybridized carbons (Fsp3) is 0.250. The van der Waals surface area contributed by atoms with Gasteiger partial charge in [0.05, 0.1) is 0 Å². The van der Waals surface area contributed by atoms with Crippen LogP contribution in [-0.2, 0) is 20.4 Å². The highest BCUT2D eigenvalue weighted by molar-refractivity contribution is 8.14. The van der Waals surface area contributed by atoms with Crippen LogP contribution in [0.15, 0.2) is 29.2 Å². The molecule has 0 aliphatic rings. The van der Waals surface area contributed by atoms with Gasteiger partial charge in [-0.1, -0.05) is 18.2 Å². The van der Waals surface area contributed by atoms with Crippen LogP contribution in [0.2, 0.25) is 0 Å². The van der Waals surface area contributed by atoms with Gasteiger partial charge in [-0.15, -0.1) is 0 Å². The molecule has 2 N–H and O–H groups in total. The number of carbonyl (C=O) groups excluding carboxylic acids is 1. The number of hydrogen-bond acceptors (Lipinski definition) is 3. The summed E-state index contributed by atoms with van der Waals surface area (Å²) in [5.74, 6) is -0.438. The topological polar surface area (TPSA) is 82.2 Å². The lowest BCUT2D eigenvalue weighted by Crippen LogP contribution is -2.14. The molecule has 1 amide bonds. The first kappa shape index (κ1) is 13.9. The lowest BCUT2D eigenvalue weighted by molar-refractivity contribution is -0.118. The minimum atomic E-state index is -3.84. The van der Waals surface area contributed by atoms with Gasteiger partial charge >= 0.3 is 0 Å². The number of primary amides is 1. The van der Waals surface area contributed by atoms with E-state index in [0.717, 1.165) is 5.52 Å². The van der Waals surface area contributed by atoms with Gasteiger partial charge in [0.15, 0.2) is 0 Å². The Kier molecular flexibility index (Phi) is 3.56. The van der Waals surface area contributed by atoms with E-state index < -0.39 is 15.0 Å². The lowest BCUT2D eigenvalue weighted by Gasteiger charge is -2.06. The monoisotopic (exact) mass is 300 g/mol. The van der Waals surface area contributed by atoms with E-state index in [2.05, 4.69) is 0 Å². The molecule has 19 heavy (non-hydrogen) atoms. The summed E-state index contributed by atoms with van der Waals surface area (Å²) in [6, 6.07) is 7.02. The number of nitrogens with two attached hydrogens (primary N) is 1. The number of amides is 1. The summed E-state index contributed by atoms with van der Waals surface area (Å²) < 4.78 is 25.1. The molecule has 0 atom stereocenters. The van der Waals surface area contributed by atoms with E-state index in [4.69, 9.17) is 16.4 Å². The second-order valence-corrected chi connectivity index (χ2v) is 6.74. The summed E-state index contributed by atoms with van der Waals surface area (Å²) in [5, 5.41) is 0.555. The van der Waals surface area contributed by atoms with Gasteiger partial charge in [0.25, 0.3) is 9.05 Å². The standard InChI is InChI=1S/C12H13ClN2O3S/c1-8-12(19(13,17)18)9-4-2-3-5-10(9)15(8)7-6-11(14)16/h2-5H,6-7H2,1H3,(H2,14,16). The van der Waals surface area contributed by atoms with E-state index in [1.807, 2.05) is 0 Å². The molecule has 1 heterocycles. The van der Waals surface area contributed by atoms with Crippen LogP contribution in [0, 0.1) is 6.92 Å². The molecule has 0 aliphatic heterocycles. The molecular weight excluding hydrogens is 288 g/mol. The van der Waals surface area contributed by atoms with Crippen molar-refractivity contribution in [2.75, 3.05) is 0 Å². The zero-order chi connectivity index (χ0) is 14.2. The Bertz CT molecular complexity index is 750. The molecule has 0 saturated carbocycles. The maximum Gasteiger partial charge on any atom is 0.263 e. The van der Waals surface area contributed by atoms with Crippen LogP contribution in [0.3, 0.4) is 0 Å². The van der Waals surface area contributed by atoms with E-state index in [9.17, 15) is 13.2 Å². The minimum absolute atomic E-state index is 0.0919. The Hall–Kier alpha value is -1.53. The van der Waals surface area contributed by atoms with Gasteiger partial charge in [0.1, 0.15) is 4.90 Å². The van der Waals surface area contributed by atoms with Crippen LogP contribution in [-0.4, -0.2) is 18.9 Å². The number of aryl methyl sites for hydroxylation is 1. The molecule has 0 saturated heterocycles. The first-order valence-electron chi connectivity index (χ1n) is 5.63. The minimum Gasteiger partial charge on any atom is -0.370 e. The van der Waals surface area contributed by atoms with Gasteiger partial charge in [-0.2, -0.15) is 0 Å². The molecule has 7 heteroatoms. The van der Waals surface area contributed by atoms with Gasteiger partial charge in [0.2, 0.25) is 5.91 Å². The molecule has 0 bridgehead atoms. The fourth-order valence-corrected chi connectivity index (χ4v) is 3.70. The van der Waals surface area contributed by atoms with Gasteiger partial charge in [-0.3, -0.25) is 4.79 Å². The summed E-state index contributed by atoms with van der Waals surface area (Å²) in [4.78, 5) is 11.0. The van der Waals surface area contributed by atoms with E-state index in [-0.39, 0.29) is 11.3 Å². The Labute approximate surface area is 115 Å². The number of halogens is 1. The van der Waals surface area contributed by atoms with Crippen molar-refractivity contribution in [1.29, 1.82) is 0 Å². The van der Waals surface area contributed by atoms with Crippen molar-refractivity contribution in [1.82, 2.24) is 4.57 Å². The zero-order valence-electron chi connectivity index (χ0n) is 10.3. The molecule has 0 aliphatic carbocycles. The maximum absolute atomic E-state index is 11.7. The van der Waals surface area contributed by atoms with Crippen LogP contribution >= 0.6 is 10.7 Å². The molecule has 102 valence electrons. The number of nitrogens with zero attached hydrogens (tertiary/aromatic N) is 1. The van der Waals surface area contributed by atoms with Crippen LogP contribution in [0.25, 0.3) is 10.9 Å². The van der Waals surface area contributed by atoms with Crippen molar-refractivity contribution in [2.45, 2.75) is 24.8 Å². The van der Waals surface area contributed by atoms with Crippen LogP contribution in [0.5, 0.6) is 0 Å². The Morgan fingerprint density at radius 3 is 2.58 bits per heavy atom. The van der Waals surface area contributed by atoms with Crippen LogP contribution < -0.4 is 5.73 Å². The number of benzene rings is 1. The summed E-state index contributed by atoms with van der Waals surface area (Å²) in [7, 11) is 1.64. The average molecular weight is 301 g/mol. The summed E-state index contributed by atoms with van der Waals surface area (Å²) >= 11 is 0. The number of fused-ring (bicyclic) bond motifs is 1. The Balaban J connectivity index is 2.71. The highest BCUT2D eigenvalue weighted by Crippen LogP contribution is 2.32. The summed E-state index contributed by atoms with van der Waals surface area (Å²) in [5.41, 5.74) is 6.36. The number of para-hydroxylation sites is 1. The molecule has 1 aromatic carbocycles. The van der Waals surface area contributed by atoms with Crippen molar-refractivity contribution < 1.29 is 13.2 Å². The molecule has 0 unspecified atom stereocenters. The fourth-order valence-electron chi connectivity index (χ4n) is 2.22. The molecule has 2 aromatic rings. The molecule has 2 rings (SSSR count). The number of aromatic nitrogens is 1. The van der Waals surface area contributed by atoms with E-state index in [1.165, 1.54) is 0 Å². The average Bonchev–Trinajstić information content (AvgIpc) is 2.57. The number of hydrogen-bond donors (Lipinski definition) is 1. The molecule has 0 fully saturated rings. The van der Waals surface area contributed by atoms with Crippen molar-refractivity contribution in [3.8, 4) is 0 Å². The quantitative estimate of drug-likeness (QED) is 0.873. The van der Waals surface area contributed by atoms with E-state index in [0.29, 0.717) is 17.6 Å². The summed E-state index contributed by atoms with van der Waals surface area (Å²) in [6.45, 7) is 1.99. The van der Waals surface area contributed by atoms with Crippen molar-refractivity contribution >= 4 is 36.5 Å². The SMILES string of the molecule is Cc1c(S(=O)(=O)Cl)c2ccccc2n1CCC(N)=O. The molecule has 5 nitrogen and oxygen atoms in total. The van der Waals surface area contributed by atoms with Gasteiger partial charge < -0.3 is 10.3 Å². The predicted molar refractivity (Wildman–Crippen MR) is 73.5 cm³/mol. The molecular formula is C12H13ClN2O3S. The van der Waals surface area contributed by atoms with Gasteiger partial charge in [-0.05, 0) is 13.0 Å². The zero-order valence-corrected chi connectivity index (χ0v) is 11.8. The van der Waals surface area contributed by atoms with Crippen molar-refractivity contribution in [3.05, 3.63) is 30.0 Å². The predicted octanol–water partition coefficient (Wildman–Crippen LogP) is 1.75. The van der Waals surface area contributed by atoms with Gasteiger partial charge in [0, 0.05) is 40.2 Å². The third kappa shape index (κ3) is 2.59. The largest absolute Gasteiger partial charge is 0.370 e. The third-order valence-corrected chi connectivity index (χ3v) is 4.46. The number of rotatable bonds is 4. The highest BCUT2D eigenvalue weighted by Gasteiger charge is 2.22. The molecule has 0 radical (unpaired) electrons. The van der Waals surface area contributed by atoms with Crippen LogP contribution in [0.4, 0.5) is 0 Å². The molecule has 1 aromatic heterocycles. The van der Waals surface area contributed by atoms with Gasteiger partial charge in [-0.25, -0.2) is 8.42 Å². The normalized spacial score (nSPS) is 11.9. The Morgan fingerprint density at radius 2 is 2.00 bits per heavy atom. The second-order valence-electron chi connectivity index (χ2n) is 4.24. The maximum atomic E-state index is 11.7. The van der Waals surface area contributed by atoms with E-state index in [1.54, 1.807) is 35.8 Å².